The Labute approximate surface area is 227 Å². The molecule has 1 aliphatic heterocycles. The molecule has 5 rings (SSSR count). The summed E-state index contributed by atoms with van der Waals surface area (Å²) in [5, 5.41) is 4.07. The molecule has 1 amide bonds. The zero-order valence-electron chi connectivity index (χ0n) is 20.3. The van der Waals surface area contributed by atoms with Crippen LogP contribution in [0.15, 0.2) is 83.9 Å². The van der Waals surface area contributed by atoms with Crippen molar-refractivity contribution in [3.63, 3.8) is 0 Å². The lowest BCUT2D eigenvalue weighted by atomic mass is 10.1. The van der Waals surface area contributed by atoms with Gasteiger partial charge in [-0.15, -0.1) is 0 Å². The number of rotatable bonds is 5. The minimum absolute atomic E-state index is 0.128. The van der Waals surface area contributed by atoms with E-state index in [0.29, 0.717) is 27.3 Å². The molecule has 0 saturated carbocycles. The normalized spacial score (nSPS) is 14.9. The average molecular weight is 575 g/mol. The number of benzene rings is 3. The fourth-order valence-corrected chi connectivity index (χ4v) is 5.96. The molecule has 1 N–H and O–H groups in total. The molecule has 202 valence electrons. The van der Waals surface area contributed by atoms with E-state index in [9.17, 15) is 26.4 Å². The molecule has 39 heavy (non-hydrogen) atoms. The Morgan fingerprint density at radius 1 is 0.897 bits per heavy atom. The number of hydrogen-bond acceptors (Lipinski definition) is 5. The van der Waals surface area contributed by atoms with Gasteiger partial charge in [0.05, 0.1) is 27.2 Å². The van der Waals surface area contributed by atoms with E-state index < -0.39 is 21.8 Å². The second-order valence-electron chi connectivity index (χ2n) is 8.91. The first-order valence-corrected chi connectivity index (χ1v) is 13.7. The summed E-state index contributed by atoms with van der Waals surface area (Å²) in [7, 11) is -3.73. The molecule has 2 heterocycles. The number of aromatic nitrogens is 1. The Kier molecular flexibility index (Phi) is 7.23. The van der Waals surface area contributed by atoms with Crippen molar-refractivity contribution in [2.45, 2.75) is 11.1 Å². The zero-order valence-corrected chi connectivity index (χ0v) is 21.9. The third-order valence-corrected chi connectivity index (χ3v) is 8.64. The van der Waals surface area contributed by atoms with E-state index in [0.717, 1.165) is 12.1 Å². The van der Waals surface area contributed by atoms with Gasteiger partial charge in [-0.25, -0.2) is 8.42 Å². The van der Waals surface area contributed by atoms with Crippen molar-refractivity contribution in [1.82, 2.24) is 14.2 Å². The minimum atomic E-state index is -4.49. The molecule has 0 unspecified atom stereocenters. The Morgan fingerprint density at radius 3 is 2.28 bits per heavy atom. The van der Waals surface area contributed by atoms with E-state index in [1.54, 1.807) is 35.2 Å². The standard InChI is InChI=1S/C27H22ClF3N4O3S/c28-19-6-8-20(9-7-19)39(37,38)35-15-13-34(14-16-35)26(36)22-3-1-2-4-23(22)33-24-11-12-32-25-17-18(27(29,30)31)5-10-21(24)25/h1-12,17H,13-16H2,(H,32,33). The van der Waals surface area contributed by atoms with E-state index in [4.69, 9.17) is 11.6 Å². The molecule has 7 nitrogen and oxygen atoms in total. The third-order valence-electron chi connectivity index (χ3n) is 6.47. The van der Waals surface area contributed by atoms with Crippen LogP contribution in [0.1, 0.15) is 15.9 Å². The number of carbonyl (C=O) groups is 1. The molecule has 1 aromatic heterocycles. The number of fused-ring (bicyclic) bond motifs is 1. The lowest BCUT2D eigenvalue weighted by Crippen LogP contribution is -2.50. The Morgan fingerprint density at radius 2 is 1.59 bits per heavy atom. The van der Waals surface area contributed by atoms with E-state index >= 15 is 0 Å². The molecule has 1 fully saturated rings. The summed E-state index contributed by atoms with van der Waals surface area (Å²) in [6, 6.07) is 17.7. The van der Waals surface area contributed by atoms with Crippen LogP contribution in [-0.4, -0.2) is 54.7 Å². The Balaban J connectivity index is 1.34. The van der Waals surface area contributed by atoms with Crippen molar-refractivity contribution in [3.05, 3.63) is 95.1 Å². The number of pyridine rings is 1. The molecule has 1 aliphatic rings. The molecule has 1 saturated heterocycles. The number of piperazine rings is 1. The van der Waals surface area contributed by atoms with Gasteiger partial charge in [0.25, 0.3) is 5.91 Å². The van der Waals surface area contributed by atoms with Gasteiger partial charge in [-0.05, 0) is 54.6 Å². The summed E-state index contributed by atoms with van der Waals surface area (Å²) in [5.74, 6) is -0.292. The first-order valence-electron chi connectivity index (χ1n) is 11.9. The number of nitrogens with one attached hydrogen (secondary N) is 1. The van der Waals surface area contributed by atoms with Gasteiger partial charge in [0.1, 0.15) is 0 Å². The highest BCUT2D eigenvalue weighted by atomic mass is 35.5. The second kappa shape index (κ2) is 10.5. The summed E-state index contributed by atoms with van der Waals surface area (Å²) in [5.41, 5.74) is 0.673. The molecular formula is C27H22ClF3N4O3S. The van der Waals surface area contributed by atoms with Crippen molar-refractivity contribution < 1.29 is 26.4 Å². The van der Waals surface area contributed by atoms with Crippen molar-refractivity contribution in [1.29, 1.82) is 0 Å². The molecule has 3 aromatic carbocycles. The molecule has 0 aliphatic carbocycles. The fraction of sp³-hybridized carbons (Fsp3) is 0.185. The van der Waals surface area contributed by atoms with E-state index in [-0.39, 0.29) is 42.5 Å². The van der Waals surface area contributed by atoms with Gasteiger partial charge in [0.2, 0.25) is 10.0 Å². The number of alkyl halides is 3. The summed E-state index contributed by atoms with van der Waals surface area (Å²) in [4.78, 5) is 19.2. The van der Waals surface area contributed by atoms with Crippen LogP contribution >= 0.6 is 11.6 Å². The number of carbonyl (C=O) groups excluding carboxylic acids is 1. The summed E-state index contributed by atoms with van der Waals surface area (Å²) in [6.07, 6.45) is -3.09. The van der Waals surface area contributed by atoms with Gasteiger partial charge in [-0.3, -0.25) is 9.78 Å². The van der Waals surface area contributed by atoms with Crippen molar-refractivity contribution >= 4 is 49.8 Å². The number of anilines is 2. The van der Waals surface area contributed by atoms with Crippen LogP contribution in [-0.2, 0) is 16.2 Å². The first kappa shape index (κ1) is 26.9. The molecule has 4 aromatic rings. The SMILES string of the molecule is O=C(c1ccccc1Nc1ccnc2cc(C(F)(F)F)ccc12)N1CCN(S(=O)(=O)c2ccc(Cl)cc2)CC1. The zero-order chi connectivity index (χ0) is 27.8. The van der Waals surface area contributed by atoms with Gasteiger partial charge in [-0.2, -0.15) is 17.5 Å². The number of halogens is 4. The van der Waals surface area contributed by atoms with Gasteiger partial charge in [0, 0.05) is 48.5 Å². The number of nitrogens with zero attached hydrogens (tertiary/aromatic N) is 3. The highest BCUT2D eigenvalue weighted by molar-refractivity contribution is 7.89. The number of sulfonamides is 1. The fourth-order valence-electron chi connectivity index (χ4n) is 4.41. The third kappa shape index (κ3) is 5.56. The van der Waals surface area contributed by atoms with Crippen LogP contribution in [0, 0.1) is 0 Å². The summed E-state index contributed by atoms with van der Waals surface area (Å²) < 4.78 is 66.7. The summed E-state index contributed by atoms with van der Waals surface area (Å²) >= 11 is 5.87. The molecule has 12 heteroatoms. The molecule has 0 spiro atoms. The first-order chi connectivity index (χ1) is 18.5. The van der Waals surface area contributed by atoms with Crippen molar-refractivity contribution in [2.24, 2.45) is 0 Å². The maximum absolute atomic E-state index is 13.5. The number of hydrogen-bond donors (Lipinski definition) is 1. The Hall–Kier alpha value is -3.67. The van der Waals surface area contributed by atoms with Gasteiger partial charge >= 0.3 is 6.18 Å². The monoisotopic (exact) mass is 574 g/mol. The van der Waals surface area contributed by atoms with Crippen molar-refractivity contribution in [3.8, 4) is 0 Å². The van der Waals surface area contributed by atoms with E-state index in [1.165, 1.54) is 40.8 Å². The highest BCUT2D eigenvalue weighted by Gasteiger charge is 2.32. The van der Waals surface area contributed by atoms with Crippen molar-refractivity contribution in [2.75, 3.05) is 31.5 Å². The minimum Gasteiger partial charge on any atom is -0.354 e. The summed E-state index contributed by atoms with van der Waals surface area (Å²) in [6.45, 7) is 0.641. The van der Waals surface area contributed by atoms with Crippen LogP contribution in [0.5, 0.6) is 0 Å². The highest BCUT2D eigenvalue weighted by Crippen LogP contribution is 2.34. The van der Waals surface area contributed by atoms with Gasteiger partial charge in [-0.1, -0.05) is 29.8 Å². The predicted octanol–water partition coefficient (Wildman–Crippen LogP) is 5.80. The predicted molar refractivity (Wildman–Crippen MR) is 143 cm³/mol. The van der Waals surface area contributed by atoms with Gasteiger partial charge in [0.15, 0.2) is 0 Å². The van der Waals surface area contributed by atoms with Crippen LogP contribution in [0.2, 0.25) is 5.02 Å². The van der Waals surface area contributed by atoms with Crippen LogP contribution in [0.4, 0.5) is 24.5 Å². The second-order valence-corrected chi connectivity index (χ2v) is 11.3. The molecular weight excluding hydrogens is 553 g/mol. The molecule has 0 atom stereocenters. The smallest absolute Gasteiger partial charge is 0.354 e. The quantitative estimate of drug-likeness (QED) is 0.326. The lowest BCUT2D eigenvalue weighted by Gasteiger charge is -2.34. The van der Waals surface area contributed by atoms with E-state index in [2.05, 4.69) is 10.3 Å². The maximum Gasteiger partial charge on any atom is 0.416 e. The van der Waals surface area contributed by atoms with Crippen LogP contribution in [0.3, 0.4) is 0 Å². The number of amides is 1. The number of para-hydroxylation sites is 1. The van der Waals surface area contributed by atoms with E-state index in [1.807, 2.05) is 0 Å². The van der Waals surface area contributed by atoms with Crippen LogP contribution in [0.25, 0.3) is 10.9 Å². The largest absolute Gasteiger partial charge is 0.416 e. The van der Waals surface area contributed by atoms with Gasteiger partial charge < -0.3 is 10.2 Å². The average Bonchev–Trinajstić information content (AvgIpc) is 2.93. The topological polar surface area (TPSA) is 82.6 Å². The molecule has 0 bridgehead atoms. The lowest BCUT2D eigenvalue weighted by molar-refractivity contribution is -0.137. The Bertz CT molecular complexity index is 1640. The maximum atomic E-state index is 13.5. The molecule has 0 radical (unpaired) electrons. The van der Waals surface area contributed by atoms with Crippen LogP contribution < -0.4 is 5.32 Å².